The first kappa shape index (κ1) is 13.2. The molecule has 88 valence electrons. The van der Waals surface area contributed by atoms with Gasteiger partial charge in [-0.3, -0.25) is 4.79 Å². The quantitative estimate of drug-likeness (QED) is 0.446. The van der Waals surface area contributed by atoms with Gasteiger partial charge in [-0.05, 0) is 44.0 Å². The fourth-order valence-electron chi connectivity index (χ4n) is 1.10. The zero-order valence-electron chi connectivity index (χ0n) is 8.39. The van der Waals surface area contributed by atoms with Crippen LogP contribution in [-0.2, 0) is 0 Å². The first-order valence-corrected chi connectivity index (χ1v) is 7.93. The van der Waals surface area contributed by atoms with Crippen LogP contribution in [0.4, 0.5) is 0 Å². The molecule has 0 N–H and O–H groups in total. The van der Waals surface area contributed by atoms with Crippen molar-refractivity contribution >= 4 is 60.7 Å². The molecule has 0 bridgehead atoms. The number of hydrogen-bond acceptors (Lipinski definition) is 5. The molecule has 0 aliphatic carbocycles. The Morgan fingerprint density at radius 1 is 1.35 bits per heavy atom. The minimum absolute atomic E-state index is 0.0660. The second-order valence-corrected chi connectivity index (χ2v) is 7.67. The highest BCUT2D eigenvalue weighted by molar-refractivity contribution is 9.12. The molecule has 0 radical (unpaired) electrons. The lowest BCUT2D eigenvalue weighted by molar-refractivity contribution is 0.102. The summed E-state index contributed by atoms with van der Waals surface area (Å²) in [7, 11) is 0. The Morgan fingerprint density at radius 3 is 2.65 bits per heavy atom. The average molecular weight is 394 g/mol. The van der Waals surface area contributed by atoms with E-state index in [-0.39, 0.29) is 5.78 Å². The van der Waals surface area contributed by atoms with Crippen molar-refractivity contribution < 1.29 is 4.79 Å². The molecule has 17 heavy (non-hydrogen) atoms. The molecule has 0 aliphatic rings. The Hall–Kier alpha value is -0.240. The van der Waals surface area contributed by atoms with Crippen LogP contribution >= 0.6 is 55.0 Å². The second-order valence-electron chi connectivity index (χ2n) is 2.98. The van der Waals surface area contributed by atoms with Crippen LogP contribution in [-0.4, -0.2) is 21.5 Å². The van der Waals surface area contributed by atoms with Crippen LogP contribution in [0.15, 0.2) is 37.3 Å². The second kappa shape index (κ2) is 6.08. The molecule has 2 rings (SSSR count). The van der Waals surface area contributed by atoms with Gasteiger partial charge in [0.1, 0.15) is 0 Å². The molecule has 0 fully saturated rings. The van der Waals surface area contributed by atoms with Crippen LogP contribution in [0.3, 0.4) is 0 Å². The topological polar surface area (TPSA) is 42.9 Å². The summed E-state index contributed by atoms with van der Waals surface area (Å²) in [6.45, 7) is 0. The van der Waals surface area contributed by atoms with Gasteiger partial charge >= 0.3 is 0 Å². The molecule has 0 saturated heterocycles. The standard InChI is InChI=1S/C10H6Br2N2OS2/c11-8-4-6(9(12)17-8)7(15)5-16-10-13-2-1-3-14-10/h1-4H,5H2. The molecule has 0 aliphatic heterocycles. The van der Waals surface area contributed by atoms with Crippen molar-refractivity contribution in [1.82, 2.24) is 9.97 Å². The first-order valence-electron chi connectivity index (χ1n) is 4.54. The summed E-state index contributed by atoms with van der Waals surface area (Å²) in [5, 5.41) is 0.617. The van der Waals surface area contributed by atoms with Crippen LogP contribution in [0.5, 0.6) is 0 Å². The lowest BCUT2D eigenvalue weighted by Crippen LogP contribution is -2.02. The number of rotatable bonds is 4. The van der Waals surface area contributed by atoms with Gasteiger partial charge in [0.05, 0.1) is 13.3 Å². The van der Waals surface area contributed by atoms with Gasteiger partial charge in [0.25, 0.3) is 0 Å². The third-order valence-electron chi connectivity index (χ3n) is 1.83. The average Bonchev–Trinajstić information content (AvgIpc) is 2.67. The smallest absolute Gasteiger partial charge is 0.187 e. The van der Waals surface area contributed by atoms with Crippen LogP contribution in [0.1, 0.15) is 10.4 Å². The number of ketones is 1. The molecular formula is C10H6Br2N2OS2. The van der Waals surface area contributed by atoms with Gasteiger partial charge in [0.15, 0.2) is 10.9 Å². The zero-order chi connectivity index (χ0) is 12.3. The molecule has 2 heterocycles. The van der Waals surface area contributed by atoms with E-state index in [2.05, 4.69) is 41.8 Å². The van der Waals surface area contributed by atoms with Gasteiger partial charge in [-0.1, -0.05) is 11.8 Å². The number of hydrogen-bond donors (Lipinski definition) is 0. The summed E-state index contributed by atoms with van der Waals surface area (Å²) < 4.78 is 1.79. The number of carbonyl (C=O) groups is 1. The third kappa shape index (κ3) is 3.61. The molecule has 3 nitrogen and oxygen atoms in total. The van der Waals surface area contributed by atoms with Crippen molar-refractivity contribution in [2.45, 2.75) is 5.16 Å². The van der Waals surface area contributed by atoms with Crippen molar-refractivity contribution in [2.75, 3.05) is 5.75 Å². The number of aromatic nitrogens is 2. The Labute approximate surface area is 123 Å². The Balaban J connectivity index is 2.01. The van der Waals surface area contributed by atoms with E-state index in [1.54, 1.807) is 18.5 Å². The molecular weight excluding hydrogens is 388 g/mol. The minimum atomic E-state index is 0.0660. The van der Waals surface area contributed by atoms with Crippen molar-refractivity contribution in [1.29, 1.82) is 0 Å². The van der Waals surface area contributed by atoms with Crippen LogP contribution in [0.2, 0.25) is 0 Å². The van der Waals surface area contributed by atoms with Gasteiger partial charge in [0.2, 0.25) is 0 Å². The van der Waals surface area contributed by atoms with E-state index in [1.165, 1.54) is 23.1 Å². The molecule has 0 aromatic carbocycles. The minimum Gasteiger partial charge on any atom is -0.293 e. The summed E-state index contributed by atoms with van der Waals surface area (Å²) in [6, 6.07) is 3.57. The van der Waals surface area contributed by atoms with Crippen molar-refractivity contribution in [3.05, 3.63) is 37.7 Å². The molecule has 0 spiro atoms. The zero-order valence-corrected chi connectivity index (χ0v) is 13.2. The highest BCUT2D eigenvalue weighted by atomic mass is 79.9. The lowest BCUT2D eigenvalue weighted by Gasteiger charge is -1.98. The molecule has 0 atom stereocenters. The van der Waals surface area contributed by atoms with E-state index >= 15 is 0 Å². The number of thioether (sulfide) groups is 1. The maximum absolute atomic E-state index is 11.9. The normalized spacial score (nSPS) is 10.5. The van der Waals surface area contributed by atoms with E-state index in [0.29, 0.717) is 16.5 Å². The SMILES string of the molecule is O=C(CSc1ncccn1)c1cc(Br)sc1Br. The van der Waals surface area contributed by atoms with Gasteiger partial charge < -0.3 is 0 Å². The third-order valence-corrected chi connectivity index (χ3v) is 5.05. The van der Waals surface area contributed by atoms with Gasteiger partial charge in [-0.15, -0.1) is 11.3 Å². The van der Waals surface area contributed by atoms with E-state index in [4.69, 9.17) is 0 Å². The highest BCUT2D eigenvalue weighted by Crippen LogP contribution is 2.32. The van der Waals surface area contributed by atoms with Gasteiger partial charge in [-0.25, -0.2) is 9.97 Å². The molecule has 0 amide bonds. The van der Waals surface area contributed by atoms with E-state index in [9.17, 15) is 4.79 Å². The molecule has 0 unspecified atom stereocenters. The number of halogens is 2. The number of carbonyl (C=O) groups excluding carboxylic acids is 1. The Bertz CT molecular complexity index is 530. The van der Waals surface area contributed by atoms with Gasteiger partial charge in [-0.2, -0.15) is 0 Å². The van der Waals surface area contributed by atoms with E-state index in [0.717, 1.165) is 7.57 Å². The predicted molar refractivity (Wildman–Crippen MR) is 76.8 cm³/mol. The van der Waals surface area contributed by atoms with Crippen molar-refractivity contribution in [3.63, 3.8) is 0 Å². The van der Waals surface area contributed by atoms with E-state index < -0.39 is 0 Å². The molecule has 2 aromatic heterocycles. The summed E-state index contributed by atoms with van der Waals surface area (Å²) in [5.74, 6) is 0.405. The number of thiophene rings is 1. The van der Waals surface area contributed by atoms with Crippen molar-refractivity contribution in [2.24, 2.45) is 0 Å². The Morgan fingerprint density at radius 2 is 2.06 bits per heavy atom. The fraction of sp³-hybridized carbons (Fsp3) is 0.100. The number of Topliss-reactive ketones (excluding diaryl/α,β-unsaturated/α-hetero) is 1. The summed E-state index contributed by atoms with van der Waals surface area (Å²) >= 11 is 9.55. The maximum Gasteiger partial charge on any atom is 0.187 e. The number of nitrogens with zero attached hydrogens (tertiary/aromatic N) is 2. The molecule has 7 heteroatoms. The van der Waals surface area contributed by atoms with Gasteiger partial charge in [0, 0.05) is 18.0 Å². The maximum atomic E-state index is 11.9. The largest absolute Gasteiger partial charge is 0.293 e. The summed E-state index contributed by atoms with van der Waals surface area (Å²) in [5.41, 5.74) is 0.699. The highest BCUT2D eigenvalue weighted by Gasteiger charge is 2.14. The summed E-state index contributed by atoms with van der Waals surface area (Å²) in [6.07, 6.45) is 3.33. The lowest BCUT2D eigenvalue weighted by atomic mass is 10.2. The Kier molecular flexibility index (Phi) is 4.72. The first-order chi connectivity index (χ1) is 8.16. The summed E-state index contributed by atoms with van der Waals surface area (Å²) in [4.78, 5) is 20.0. The van der Waals surface area contributed by atoms with Crippen molar-refractivity contribution in [3.8, 4) is 0 Å². The van der Waals surface area contributed by atoms with Crippen LogP contribution < -0.4 is 0 Å². The molecule has 2 aromatic rings. The molecule has 0 saturated carbocycles. The van der Waals surface area contributed by atoms with Crippen LogP contribution in [0, 0.1) is 0 Å². The monoisotopic (exact) mass is 392 g/mol. The van der Waals surface area contributed by atoms with Crippen LogP contribution in [0.25, 0.3) is 0 Å². The fourth-order valence-corrected chi connectivity index (χ4v) is 4.64. The van der Waals surface area contributed by atoms with E-state index in [1.807, 2.05) is 6.07 Å². The predicted octanol–water partition coefficient (Wildman–Crippen LogP) is 4.04.